The van der Waals surface area contributed by atoms with Gasteiger partial charge in [0, 0.05) is 16.9 Å². The fourth-order valence-electron chi connectivity index (χ4n) is 3.21. The van der Waals surface area contributed by atoms with Crippen LogP contribution in [0.2, 0.25) is 0 Å². The molecule has 1 saturated heterocycles. The zero-order valence-corrected chi connectivity index (χ0v) is 21.1. The molecule has 36 heavy (non-hydrogen) atoms. The lowest BCUT2D eigenvalue weighted by molar-refractivity contribution is -0.150. The third-order valence-corrected chi connectivity index (χ3v) is 8.66. The molecule has 2 aromatic rings. The minimum absolute atomic E-state index is 0.0622. The summed E-state index contributed by atoms with van der Waals surface area (Å²) in [6.45, 7) is 0.300. The first-order chi connectivity index (χ1) is 17.2. The van der Waals surface area contributed by atoms with Crippen molar-refractivity contribution in [2.24, 2.45) is 5.16 Å². The summed E-state index contributed by atoms with van der Waals surface area (Å²) in [5, 5.41) is 16.0. The molecule has 12 nitrogen and oxygen atoms in total. The maximum absolute atomic E-state index is 12.9. The van der Waals surface area contributed by atoms with Gasteiger partial charge >= 0.3 is 12.6 Å². The Morgan fingerprint density at radius 3 is 2.86 bits per heavy atom. The number of hydrogen-bond acceptors (Lipinski definition) is 13. The van der Waals surface area contributed by atoms with Gasteiger partial charge in [-0.1, -0.05) is 23.5 Å². The molecule has 2 aliphatic heterocycles. The zero-order chi connectivity index (χ0) is 26.0. The van der Waals surface area contributed by atoms with Crippen LogP contribution >= 0.6 is 46.4 Å². The van der Waals surface area contributed by atoms with E-state index in [-0.39, 0.29) is 28.0 Å². The van der Waals surface area contributed by atoms with Crippen LogP contribution in [-0.2, 0) is 19.2 Å². The Kier molecular flexibility index (Phi) is 7.86. The molecular formula is C18H15F2N7O5S4. The lowest BCUT2D eigenvalue weighted by Gasteiger charge is -2.49. The number of β-lactam (4-membered cyclic amide) rings is 1. The van der Waals surface area contributed by atoms with Gasteiger partial charge in [-0.05, 0) is 23.2 Å². The molecule has 2 amide bonds. The summed E-state index contributed by atoms with van der Waals surface area (Å²) in [7, 11) is 0. The molecule has 2 aromatic heterocycles. The van der Waals surface area contributed by atoms with E-state index in [2.05, 4.69) is 36.2 Å². The standard InChI is InChI=1S/C18H15F2N7O5S4/c1-2-8-23-18(36-26-8)35-4-6-3-33-14-10(13(29)27(14)11(6)15(30)31)24-12(28)9(25-32-16(19)20)7-5-34-17(21)22-7/h2,5,10,14,16H,1,3-4H2,(H2,21,22)(H,24,28)(H,30,31)/t10?,14-/m1/s1. The Hall–Kier alpha value is -3.09. The predicted octanol–water partition coefficient (Wildman–Crippen LogP) is 1.69. The van der Waals surface area contributed by atoms with Gasteiger partial charge in [0.2, 0.25) is 0 Å². The maximum Gasteiger partial charge on any atom is 0.407 e. The van der Waals surface area contributed by atoms with Crippen LogP contribution in [0.25, 0.3) is 6.08 Å². The number of nitrogens with zero attached hydrogens (tertiary/aromatic N) is 5. The molecule has 4 heterocycles. The molecule has 1 fully saturated rings. The number of anilines is 1. The largest absolute Gasteiger partial charge is 0.477 e. The summed E-state index contributed by atoms with van der Waals surface area (Å²) in [6.07, 6.45) is 1.50. The molecule has 4 rings (SSSR count). The van der Waals surface area contributed by atoms with Gasteiger partial charge in [0.25, 0.3) is 11.8 Å². The number of alkyl halides is 2. The van der Waals surface area contributed by atoms with Gasteiger partial charge in [-0.15, -0.1) is 23.1 Å². The number of hydrogen-bond donors (Lipinski definition) is 3. The summed E-state index contributed by atoms with van der Waals surface area (Å²) in [5.74, 6) is -1.95. The smallest absolute Gasteiger partial charge is 0.407 e. The number of aliphatic carboxylic acids is 1. The number of carbonyl (C=O) groups excluding carboxylic acids is 2. The van der Waals surface area contributed by atoms with Gasteiger partial charge in [0.05, 0.1) is 0 Å². The Morgan fingerprint density at radius 1 is 1.47 bits per heavy atom. The van der Waals surface area contributed by atoms with Crippen molar-refractivity contribution in [3.05, 3.63) is 34.7 Å². The van der Waals surface area contributed by atoms with Crippen LogP contribution in [0.5, 0.6) is 0 Å². The van der Waals surface area contributed by atoms with E-state index in [1.165, 1.54) is 35.0 Å². The first-order valence-corrected chi connectivity index (χ1v) is 13.4. The second-order valence-electron chi connectivity index (χ2n) is 6.91. The van der Waals surface area contributed by atoms with Gasteiger partial charge in [0.1, 0.15) is 22.8 Å². The number of carboxylic acids is 1. The third kappa shape index (κ3) is 5.35. The van der Waals surface area contributed by atoms with Gasteiger partial charge in [-0.25, -0.2) is 14.8 Å². The summed E-state index contributed by atoms with van der Waals surface area (Å²) in [6, 6.07) is -1.11. The molecule has 0 aromatic carbocycles. The van der Waals surface area contributed by atoms with Gasteiger partial charge in [0.15, 0.2) is 21.0 Å². The number of thiazole rings is 1. The summed E-state index contributed by atoms with van der Waals surface area (Å²) >= 11 is 4.63. The van der Waals surface area contributed by atoms with Crippen LogP contribution in [-0.4, -0.2) is 77.4 Å². The van der Waals surface area contributed by atoms with E-state index >= 15 is 0 Å². The number of aromatic nitrogens is 3. The minimum atomic E-state index is -3.29. The number of amides is 2. The molecule has 0 aliphatic carbocycles. The van der Waals surface area contributed by atoms with E-state index in [9.17, 15) is 28.3 Å². The lowest BCUT2D eigenvalue weighted by Crippen LogP contribution is -2.71. The highest BCUT2D eigenvalue weighted by atomic mass is 32.2. The molecule has 0 saturated carbocycles. The molecule has 0 spiro atoms. The Bertz CT molecular complexity index is 1280. The van der Waals surface area contributed by atoms with Crippen LogP contribution in [0.15, 0.2) is 32.7 Å². The zero-order valence-electron chi connectivity index (χ0n) is 17.8. The van der Waals surface area contributed by atoms with E-state index in [4.69, 9.17) is 5.73 Å². The number of oxime groups is 1. The second kappa shape index (κ2) is 10.9. The number of fused-ring (bicyclic) bond motifs is 1. The first-order valence-electron chi connectivity index (χ1n) is 9.72. The van der Waals surface area contributed by atoms with Crippen molar-refractivity contribution in [3.63, 3.8) is 0 Å². The van der Waals surface area contributed by atoms with Crippen LogP contribution in [0, 0.1) is 0 Å². The second-order valence-corrected chi connectivity index (χ2v) is 10.9. The van der Waals surface area contributed by atoms with Crippen LogP contribution in [0.1, 0.15) is 11.5 Å². The van der Waals surface area contributed by atoms with Crippen molar-refractivity contribution >= 4 is 81.1 Å². The van der Waals surface area contributed by atoms with Crippen LogP contribution in [0.3, 0.4) is 0 Å². The summed E-state index contributed by atoms with van der Waals surface area (Å²) < 4.78 is 29.7. The monoisotopic (exact) mass is 575 g/mol. The summed E-state index contributed by atoms with van der Waals surface area (Å²) in [4.78, 5) is 50.7. The number of carbonyl (C=O) groups is 3. The van der Waals surface area contributed by atoms with E-state index in [0.29, 0.717) is 15.7 Å². The Morgan fingerprint density at radius 2 is 2.25 bits per heavy atom. The SMILES string of the molecule is C=Cc1nsc(SCC2=C(C(=O)O)N3C(=O)C(NC(=O)C(=NOC(F)F)c4csc(N)n4)[C@H]3SC2)n1. The number of rotatable bonds is 10. The quantitative estimate of drug-likeness (QED) is 0.163. The number of halogens is 2. The average Bonchev–Trinajstić information content (AvgIpc) is 3.49. The number of nitrogen functional groups attached to an aromatic ring is 1. The minimum Gasteiger partial charge on any atom is -0.477 e. The fraction of sp³-hybridized carbons (Fsp3) is 0.278. The molecule has 18 heteroatoms. The van der Waals surface area contributed by atoms with Crippen molar-refractivity contribution < 1.29 is 33.1 Å². The number of nitrogens with two attached hydrogens (primary N) is 1. The van der Waals surface area contributed by atoms with E-state index in [0.717, 1.165) is 27.8 Å². The third-order valence-electron chi connectivity index (χ3n) is 4.72. The number of nitrogens with one attached hydrogen (secondary N) is 1. The maximum atomic E-state index is 12.9. The molecule has 190 valence electrons. The molecule has 0 bridgehead atoms. The van der Waals surface area contributed by atoms with Gasteiger partial charge in [-0.2, -0.15) is 13.2 Å². The molecule has 4 N–H and O–H groups in total. The lowest BCUT2D eigenvalue weighted by atomic mass is 10.0. The molecule has 2 aliphatic rings. The number of thioether (sulfide) groups is 2. The van der Waals surface area contributed by atoms with Crippen LogP contribution in [0.4, 0.5) is 13.9 Å². The Balaban J connectivity index is 1.49. The molecule has 2 atom stereocenters. The summed E-state index contributed by atoms with van der Waals surface area (Å²) in [5.41, 5.74) is 5.17. The molecule has 0 radical (unpaired) electrons. The van der Waals surface area contributed by atoms with E-state index < -0.39 is 41.5 Å². The van der Waals surface area contributed by atoms with Crippen molar-refractivity contribution in [1.82, 2.24) is 24.6 Å². The fourth-order valence-corrected chi connectivity index (χ4v) is 6.85. The van der Waals surface area contributed by atoms with Crippen molar-refractivity contribution in [3.8, 4) is 0 Å². The van der Waals surface area contributed by atoms with E-state index in [1.807, 2.05) is 0 Å². The predicted molar refractivity (Wildman–Crippen MR) is 131 cm³/mol. The van der Waals surface area contributed by atoms with Gasteiger partial charge < -0.3 is 21.0 Å². The molecule has 1 unspecified atom stereocenters. The first kappa shape index (κ1) is 26.0. The van der Waals surface area contributed by atoms with E-state index in [1.54, 1.807) is 0 Å². The normalized spacial score (nSPS) is 19.7. The highest BCUT2D eigenvalue weighted by molar-refractivity contribution is 8.01. The Labute approximate surface area is 217 Å². The number of carboxylic acid groups (broad SMARTS) is 1. The van der Waals surface area contributed by atoms with Crippen molar-refractivity contribution in [2.45, 2.75) is 22.4 Å². The van der Waals surface area contributed by atoms with Crippen LogP contribution < -0.4 is 11.1 Å². The van der Waals surface area contributed by atoms with Crippen molar-refractivity contribution in [1.29, 1.82) is 0 Å². The average molecular weight is 576 g/mol. The highest BCUT2D eigenvalue weighted by Gasteiger charge is 2.54. The van der Waals surface area contributed by atoms with Gasteiger partial charge in [-0.3, -0.25) is 14.5 Å². The highest BCUT2D eigenvalue weighted by Crippen LogP contribution is 2.41. The van der Waals surface area contributed by atoms with Crippen molar-refractivity contribution in [2.75, 3.05) is 17.2 Å². The molecular weight excluding hydrogens is 561 g/mol. The topological polar surface area (TPSA) is 173 Å².